The average Bonchev–Trinajstić information content (AvgIpc) is 3.53. The third kappa shape index (κ3) is 3.98. The fourth-order valence-electron chi connectivity index (χ4n) is 6.97. The molecule has 8 atom stereocenters. The van der Waals surface area contributed by atoms with Crippen molar-refractivity contribution in [3.05, 3.63) is 24.3 Å². The van der Waals surface area contributed by atoms with Crippen LogP contribution in [0.4, 0.5) is 0 Å². The van der Waals surface area contributed by atoms with Crippen LogP contribution in [-0.2, 0) is 0 Å². The Kier molecular flexibility index (Phi) is 8.53. The summed E-state index contributed by atoms with van der Waals surface area (Å²) in [4.78, 5) is 0. The van der Waals surface area contributed by atoms with Crippen molar-refractivity contribution in [3.8, 4) is 12.8 Å². The van der Waals surface area contributed by atoms with Crippen LogP contribution >= 0.6 is 0 Å². The number of hydrogen-bond acceptors (Lipinski definition) is 0. The third-order valence-corrected chi connectivity index (χ3v) is 7.80. The second kappa shape index (κ2) is 10.4. The number of allylic oxidation sites excluding steroid dienone is 4. The smallest absolute Gasteiger partial charge is 0.0171 e. The maximum atomic E-state index is 4.00. The maximum Gasteiger partial charge on any atom is -0.0171 e. The second-order valence-corrected chi connectivity index (χ2v) is 8.45. The third-order valence-electron chi connectivity index (χ3n) is 7.80. The summed E-state index contributed by atoms with van der Waals surface area (Å²) in [5.41, 5.74) is 0. The van der Waals surface area contributed by atoms with Gasteiger partial charge < -0.3 is 0 Å². The molecule has 0 aromatic heterocycles. The molecule has 26 heavy (non-hydrogen) atoms. The highest BCUT2D eigenvalue weighted by Gasteiger charge is 2.47. The summed E-state index contributed by atoms with van der Waals surface area (Å²) in [6.07, 6.45) is 30.0. The minimum absolute atomic E-state index is 1.01. The van der Waals surface area contributed by atoms with Gasteiger partial charge >= 0.3 is 0 Å². The molecule has 4 saturated carbocycles. The van der Waals surface area contributed by atoms with Gasteiger partial charge in [0.2, 0.25) is 0 Å². The summed E-state index contributed by atoms with van der Waals surface area (Å²) < 4.78 is 0. The van der Waals surface area contributed by atoms with Crippen molar-refractivity contribution < 1.29 is 0 Å². The maximum absolute atomic E-state index is 4.00. The fourth-order valence-corrected chi connectivity index (χ4v) is 6.97. The summed E-state index contributed by atoms with van der Waals surface area (Å²) >= 11 is 0. The van der Waals surface area contributed by atoms with E-state index in [1.807, 2.05) is 27.7 Å². The zero-order valence-corrected chi connectivity index (χ0v) is 17.7. The summed E-state index contributed by atoms with van der Waals surface area (Å²) in [5.74, 6) is 8.62. The normalized spacial score (nSPS) is 43.6. The topological polar surface area (TPSA) is 0 Å². The molecule has 6 rings (SSSR count). The molecular formula is C26H42. The lowest BCUT2D eigenvalue weighted by Crippen LogP contribution is -2.16. The summed E-state index contributed by atoms with van der Waals surface area (Å²) in [7, 11) is 0. The van der Waals surface area contributed by atoms with E-state index in [2.05, 4.69) is 37.2 Å². The molecule has 0 aliphatic heterocycles. The van der Waals surface area contributed by atoms with E-state index in [1.54, 1.807) is 12.8 Å². The Morgan fingerprint density at radius 1 is 0.654 bits per heavy atom. The van der Waals surface area contributed by atoms with Crippen LogP contribution in [0.3, 0.4) is 0 Å². The summed E-state index contributed by atoms with van der Waals surface area (Å²) in [6.45, 7) is 8.00. The molecule has 0 heterocycles. The van der Waals surface area contributed by atoms with E-state index < -0.39 is 0 Å². The zero-order valence-electron chi connectivity index (χ0n) is 17.7. The Hall–Kier alpha value is -0.960. The largest absolute Gasteiger partial charge is 0.124 e. The highest BCUT2D eigenvalue weighted by Crippen LogP contribution is 2.56. The number of fused-ring (bicyclic) bond motifs is 10. The van der Waals surface area contributed by atoms with E-state index >= 15 is 0 Å². The Balaban J connectivity index is 0.000000146. The summed E-state index contributed by atoms with van der Waals surface area (Å²) in [5, 5.41) is 0. The van der Waals surface area contributed by atoms with Gasteiger partial charge in [-0.25, -0.2) is 0 Å². The number of rotatable bonds is 0. The van der Waals surface area contributed by atoms with E-state index in [9.17, 15) is 0 Å². The molecule has 0 amide bonds. The predicted molar refractivity (Wildman–Crippen MR) is 116 cm³/mol. The Morgan fingerprint density at radius 2 is 1.23 bits per heavy atom. The minimum atomic E-state index is 1.01. The molecular weight excluding hydrogens is 312 g/mol. The molecule has 6 aliphatic carbocycles. The monoisotopic (exact) mass is 354 g/mol. The molecule has 0 radical (unpaired) electrons. The first-order valence-electron chi connectivity index (χ1n) is 11.6. The van der Waals surface area contributed by atoms with Crippen molar-refractivity contribution in [1.82, 2.24) is 0 Å². The number of terminal acetylenes is 1. The molecule has 8 unspecified atom stereocenters. The van der Waals surface area contributed by atoms with Crippen LogP contribution in [0.1, 0.15) is 79.1 Å². The van der Waals surface area contributed by atoms with E-state index in [0.717, 1.165) is 47.3 Å². The first-order valence-corrected chi connectivity index (χ1v) is 11.6. The lowest BCUT2D eigenvalue weighted by atomic mass is 9.82. The summed E-state index contributed by atoms with van der Waals surface area (Å²) in [6, 6.07) is 0. The molecule has 6 aliphatic rings. The molecule has 146 valence electrons. The van der Waals surface area contributed by atoms with Crippen LogP contribution in [0, 0.1) is 60.2 Å². The van der Waals surface area contributed by atoms with Crippen molar-refractivity contribution >= 4 is 0 Å². The SMILES string of the molecule is C#C.C1=CC2C3CCC(C3)C2C1.C1=CC2CC1C1CCCC21.CC.CC. The lowest BCUT2D eigenvalue weighted by Gasteiger charge is -2.23. The van der Waals surface area contributed by atoms with Crippen LogP contribution in [0.5, 0.6) is 0 Å². The van der Waals surface area contributed by atoms with Gasteiger partial charge in [-0.1, -0.05) is 58.4 Å². The molecule has 0 aromatic rings. The van der Waals surface area contributed by atoms with Gasteiger partial charge in [-0.15, -0.1) is 12.8 Å². The quantitative estimate of drug-likeness (QED) is 0.312. The average molecular weight is 355 g/mol. The fraction of sp³-hybridized carbons (Fsp3) is 0.769. The van der Waals surface area contributed by atoms with E-state index in [-0.39, 0.29) is 0 Å². The van der Waals surface area contributed by atoms with E-state index in [1.165, 1.54) is 38.5 Å². The predicted octanol–water partition coefficient (Wildman–Crippen LogP) is 7.52. The molecule has 0 saturated heterocycles. The Morgan fingerprint density at radius 3 is 1.81 bits per heavy atom. The number of hydrogen-bond donors (Lipinski definition) is 0. The zero-order chi connectivity index (χ0) is 19.1. The molecule has 0 nitrogen and oxygen atoms in total. The van der Waals surface area contributed by atoms with Gasteiger partial charge in [-0.2, -0.15) is 0 Å². The van der Waals surface area contributed by atoms with Gasteiger partial charge in [0, 0.05) is 0 Å². The Bertz CT molecular complexity index is 464. The Labute approximate surface area is 163 Å². The van der Waals surface area contributed by atoms with Crippen molar-refractivity contribution in [2.24, 2.45) is 47.3 Å². The first kappa shape index (κ1) is 21.3. The molecule has 0 heteroatoms. The van der Waals surface area contributed by atoms with Gasteiger partial charge in [0.25, 0.3) is 0 Å². The van der Waals surface area contributed by atoms with Crippen LogP contribution in [0.15, 0.2) is 24.3 Å². The van der Waals surface area contributed by atoms with Gasteiger partial charge in [-0.05, 0) is 92.3 Å². The molecule has 0 N–H and O–H groups in total. The van der Waals surface area contributed by atoms with Gasteiger partial charge in [0.1, 0.15) is 0 Å². The van der Waals surface area contributed by atoms with Crippen molar-refractivity contribution in [2.45, 2.75) is 79.1 Å². The molecule has 0 aromatic carbocycles. The van der Waals surface area contributed by atoms with Crippen molar-refractivity contribution in [3.63, 3.8) is 0 Å². The van der Waals surface area contributed by atoms with Crippen molar-refractivity contribution in [1.29, 1.82) is 0 Å². The molecule has 0 spiro atoms. The highest BCUT2D eigenvalue weighted by atomic mass is 14.5. The van der Waals surface area contributed by atoms with Crippen LogP contribution in [0.2, 0.25) is 0 Å². The second-order valence-electron chi connectivity index (χ2n) is 8.45. The lowest BCUT2D eigenvalue weighted by molar-refractivity contribution is 0.285. The van der Waals surface area contributed by atoms with E-state index in [0.29, 0.717) is 0 Å². The minimum Gasteiger partial charge on any atom is -0.124 e. The van der Waals surface area contributed by atoms with Gasteiger partial charge in [0.05, 0.1) is 0 Å². The first-order chi connectivity index (χ1) is 12.9. The van der Waals surface area contributed by atoms with Crippen molar-refractivity contribution in [2.75, 3.05) is 0 Å². The van der Waals surface area contributed by atoms with Gasteiger partial charge in [0.15, 0.2) is 0 Å². The van der Waals surface area contributed by atoms with Crippen LogP contribution in [0.25, 0.3) is 0 Å². The van der Waals surface area contributed by atoms with Crippen LogP contribution < -0.4 is 0 Å². The highest BCUT2D eigenvalue weighted by molar-refractivity contribution is 5.15. The standard InChI is InChI=1S/2C10H14.2C2H6.C2H2/c2*1-2-9-7-4-5-8(6-7)10(9)3-1;3*1-2/h4-5,7-10H,1-3,6H2;1-2,7-10H,3-6H2;2*1-2H3;1-2H. The van der Waals surface area contributed by atoms with Crippen LogP contribution in [-0.4, -0.2) is 0 Å². The molecule has 4 fully saturated rings. The van der Waals surface area contributed by atoms with E-state index in [4.69, 9.17) is 0 Å². The molecule has 4 bridgehead atoms. The van der Waals surface area contributed by atoms with Gasteiger partial charge in [-0.3, -0.25) is 0 Å².